The van der Waals surface area contributed by atoms with Gasteiger partial charge in [0.15, 0.2) is 5.58 Å². The van der Waals surface area contributed by atoms with Crippen molar-refractivity contribution >= 4 is 22.1 Å². The number of furan rings is 1. The SMILES string of the molecule is Cc1cc(C(C)N)c2oc3c(-c4cnc(C(F)(F)F)nc4)cnnc3c2c1. The van der Waals surface area contributed by atoms with Crippen molar-refractivity contribution in [1.29, 1.82) is 0 Å². The molecule has 4 rings (SSSR count). The van der Waals surface area contributed by atoms with Gasteiger partial charge in [-0.05, 0) is 25.5 Å². The number of benzene rings is 1. The van der Waals surface area contributed by atoms with E-state index in [1.54, 1.807) is 0 Å². The number of fused-ring (bicyclic) bond motifs is 3. The first-order chi connectivity index (χ1) is 12.8. The molecule has 0 fully saturated rings. The summed E-state index contributed by atoms with van der Waals surface area (Å²) in [6.45, 7) is 3.78. The molecule has 1 aromatic carbocycles. The van der Waals surface area contributed by atoms with Crippen LogP contribution in [0, 0.1) is 6.92 Å². The van der Waals surface area contributed by atoms with Gasteiger partial charge in [-0.3, -0.25) is 0 Å². The molecule has 0 saturated heterocycles. The molecular formula is C18H14F3N5O. The molecule has 0 radical (unpaired) electrons. The van der Waals surface area contributed by atoms with Gasteiger partial charge >= 0.3 is 6.18 Å². The Morgan fingerprint density at radius 3 is 2.41 bits per heavy atom. The first-order valence-corrected chi connectivity index (χ1v) is 8.09. The van der Waals surface area contributed by atoms with E-state index in [1.807, 2.05) is 26.0 Å². The highest BCUT2D eigenvalue weighted by atomic mass is 19.4. The molecule has 138 valence electrons. The van der Waals surface area contributed by atoms with Crippen molar-refractivity contribution < 1.29 is 17.6 Å². The number of aryl methyl sites for hydroxylation is 1. The molecule has 6 nitrogen and oxygen atoms in total. The maximum Gasteiger partial charge on any atom is 0.451 e. The number of nitrogens with zero attached hydrogens (tertiary/aromatic N) is 4. The maximum atomic E-state index is 12.7. The van der Waals surface area contributed by atoms with Gasteiger partial charge in [0.25, 0.3) is 0 Å². The summed E-state index contributed by atoms with van der Waals surface area (Å²) in [4.78, 5) is 6.80. The lowest BCUT2D eigenvalue weighted by Gasteiger charge is -2.07. The molecule has 2 N–H and O–H groups in total. The molecule has 1 atom stereocenters. The molecule has 4 aromatic rings. The predicted octanol–water partition coefficient (Wildman–Crippen LogP) is 4.18. The first kappa shape index (κ1) is 17.3. The van der Waals surface area contributed by atoms with E-state index < -0.39 is 12.0 Å². The van der Waals surface area contributed by atoms with Gasteiger partial charge in [-0.1, -0.05) is 6.07 Å². The molecule has 3 heterocycles. The zero-order chi connectivity index (χ0) is 19.3. The zero-order valence-corrected chi connectivity index (χ0v) is 14.4. The van der Waals surface area contributed by atoms with Gasteiger partial charge in [-0.2, -0.15) is 18.3 Å². The molecule has 3 aromatic heterocycles. The molecule has 0 amide bonds. The standard InChI is InChI=1S/C18H14F3N5O/c1-8-3-11(9(2)22)15-12(4-8)14-16(27-15)13(7-25-26-14)10-5-23-17(24-6-10)18(19,20)21/h3-7,9H,22H2,1-2H3. The summed E-state index contributed by atoms with van der Waals surface area (Å²) < 4.78 is 44.1. The molecule has 0 aliphatic heterocycles. The van der Waals surface area contributed by atoms with Crippen molar-refractivity contribution in [3.8, 4) is 11.1 Å². The van der Waals surface area contributed by atoms with Crippen molar-refractivity contribution in [2.24, 2.45) is 5.73 Å². The Kier molecular flexibility index (Phi) is 3.84. The van der Waals surface area contributed by atoms with E-state index in [9.17, 15) is 13.2 Å². The summed E-state index contributed by atoms with van der Waals surface area (Å²) in [6.07, 6.45) is -1.00. The molecule has 9 heteroatoms. The third-order valence-corrected chi connectivity index (χ3v) is 4.23. The summed E-state index contributed by atoms with van der Waals surface area (Å²) >= 11 is 0. The third-order valence-electron chi connectivity index (χ3n) is 4.23. The predicted molar refractivity (Wildman–Crippen MR) is 92.7 cm³/mol. The Morgan fingerprint density at radius 1 is 1.07 bits per heavy atom. The van der Waals surface area contributed by atoms with E-state index in [0.29, 0.717) is 27.8 Å². The molecular weight excluding hydrogens is 359 g/mol. The van der Waals surface area contributed by atoms with E-state index in [2.05, 4.69) is 20.2 Å². The van der Waals surface area contributed by atoms with Crippen molar-refractivity contribution in [2.45, 2.75) is 26.1 Å². The average Bonchev–Trinajstić information content (AvgIpc) is 2.99. The number of hydrogen-bond acceptors (Lipinski definition) is 6. The number of nitrogens with two attached hydrogens (primary N) is 1. The highest BCUT2D eigenvalue weighted by Crippen LogP contribution is 2.37. The quantitative estimate of drug-likeness (QED) is 0.567. The Balaban J connectivity index is 1.96. The van der Waals surface area contributed by atoms with Crippen molar-refractivity contribution in [2.75, 3.05) is 0 Å². The lowest BCUT2D eigenvalue weighted by atomic mass is 10.0. The fourth-order valence-corrected chi connectivity index (χ4v) is 3.01. The van der Waals surface area contributed by atoms with E-state index in [-0.39, 0.29) is 6.04 Å². The second-order valence-corrected chi connectivity index (χ2v) is 6.35. The normalized spacial score (nSPS) is 13.4. The molecule has 0 aliphatic rings. The van der Waals surface area contributed by atoms with Crippen LogP contribution in [0.15, 0.2) is 35.1 Å². The van der Waals surface area contributed by atoms with Crippen molar-refractivity contribution in [3.05, 3.63) is 47.7 Å². The molecule has 0 saturated carbocycles. The fourth-order valence-electron chi connectivity index (χ4n) is 3.01. The first-order valence-electron chi connectivity index (χ1n) is 8.09. The zero-order valence-electron chi connectivity index (χ0n) is 14.4. The van der Waals surface area contributed by atoms with Gasteiger partial charge in [-0.25, -0.2) is 9.97 Å². The number of halogens is 3. The van der Waals surface area contributed by atoms with Crippen LogP contribution in [0.3, 0.4) is 0 Å². The Bertz CT molecular complexity index is 1150. The van der Waals surface area contributed by atoms with Gasteiger partial charge in [0.2, 0.25) is 5.82 Å². The number of aromatic nitrogens is 4. The minimum Gasteiger partial charge on any atom is -0.453 e. The lowest BCUT2D eigenvalue weighted by molar-refractivity contribution is -0.144. The van der Waals surface area contributed by atoms with Crippen LogP contribution < -0.4 is 5.73 Å². The van der Waals surface area contributed by atoms with Gasteiger partial charge in [0, 0.05) is 34.9 Å². The highest BCUT2D eigenvalue weighted by Gasteiger charge is 2.34. The third kappa shape index (κ3) is 2.89. The number of alkyl halides is 3. The van der Waals surface area contributed by atoms with Crippen LogP contribution in [0.1, 0.15) is 29.9 Å². The summed E-state index contributed by atoms with van der Waals surface area (Å²) in [5.74, 6) is -1.20. The molecule has 0 spiro atoms. The summed E-state index contributed by atoms with van der Waals surface area (Å²) in [6, 6.07) is 3.58. The monoisotopic (exact) mass is 373 g/mol. The minimum absolute atomic E-state index is 0.265. The molecule has 0 aliphatic carbocycles. The van der Waals surface area contributed by atoms with Crippen molar-refractivity contribution in [3.63, 3.8) is 0 Å². The van der Waals surface area contributed by atoms with E-state index in [0.717, 1.165) is 28.9 Å². The summed E-state index contributed by atoms with van der Waals surface area (Å²) in [5.41, 5.74) is 10.2. The van der Waals surface area contributed by atoms with Crippen molar-refractivity contribution in [1.82, 2.24) is 20.2 Å². The molecule has 1 unspecified atom stereocenters. The Hall–Kier alpha value is -3.07. The average molecular weight is 373 g/mol. The van der Waals surface area contributed by atoms with Crippen LogP contribution in [-0.4, -0.2) is 20.2 Å². The Morgan fingerprint density at radius 2 is 1.78 bits per heavy atom. The van der Waals surface area contributed by atoms with E-state index in [1.165, 1.54) is 6.20 Å². The van der Waals surface area contributed by atoms with Crippen LogP contribution >= 0.6 is 0 Å². The highest BCUT2D eigenvalue weighted by molar-refractivity contribution is 6.07. The van der Waals surface area contributed by atoms with Crippen LogP contribution in [0.2, 0.25) is 0 Å². The van der Waals surface area contributed by atoms with E-state index in [4.69, 9.17) is 10.2 Å². The van der Waals surface area contributed by atoms with Crippen LogP contribution in [0.25, 0.3) is 33.2 Å². The fraction of sp³-hybridized carbons (Fsp3) is 0.222. The second-order valence-electron chi connectivity index (χ2n) is 6.35. The van der Waals surface area contributed by atoms with Gasteiger partial charge in [-0.15, -0.1) is 5.10 Å². The lowest BCUT2D eigenvalue weighted by Crippen LogP contribution is -2.10. The minimum atomic E-state index is -4.60. The Labute approximate surface area is 151 Å². The molecule has 0 bridgehead atoms. The number of hydrogen-bond donors (Lipinski definition) is 1. The second kappa shape index (κ2) is 5.98. The van der Waals surface area contributed by atoms with Crippen LogP contribution in [0.4, 0.5) is 13.2 Å². The smallest absolute Gasteiger partial charge is 0.451 e. The molecule has 27 heavy (non-hydrogen) atoms. The summed E-state index contributed by atoms with van der Waals surface area (Å²) in [5, 5.41) is 8.87. The topological polar surface area (TPSA) is 90.7 Å². The van der Waals surface area contributed by atoms with Gasteiger partial charge in [0.1, 0.15) is 11.1 Å². The maximum absolute atomic E-state index is 12.7. The van der Waals surface area contributed by atoms with E-state index >= 15 is 0 Å². The summed E-state index contributed by atoms with van der Waals surface area (Å²) in [7, 11) is 0. The largest absolute Gasteiger partial charge is 0.453 e. The van der Waals surface area contributed by atoms with Crippen LogP contribution in [-0.2, 0) is 6.18 Å². The van der Waals surface area contributed by atoms with Gasteiger partial charge in [0.05, 0.1) is 11.8 Å². The van der Waals surface area contributed by atoms with Crippen LogP contribution in [0.5, 0.6) is 0 Å². The van der Waals surface area contributed by atoms with Gasteiger partial charge < -0.3 is 10.2 Å². The number of rotatable bonds is 2.